The lowest BCUT2D eigenvalue weighted by Crippen LogP contribution is -2.34. The Kier molecular flexibility index (Phi) is 4.68. The fourth-order valence-corrected chi connectivity index (χ4v) is 3.56. The van der Waals surface area contributed by atoms with E-state index < -0.39 is 17.9 Å². The topological polar surface area (TPSA) is 99.3 Å². The molecule has 1 heterocycles. The first-order chi connectivity index (χ1) is 12.3. The number of carbonyl (C=O) groups is 3. The van der Waals surface area contributed by atoms with E-state index in [-0.39, 0.29) is 11.5 Å². The lowest BCUT2D eigenvalue weighted by atomic mass is 9.93. The number of aliphatic carboxylic acids is 1. The lowest BCUT2D eigenvalue weighted by molar-refractivity contribution is -0.139. The van der Waals surface area contributed by atoms with Crippen LogP contribution in [-0.4, -0.2) is 27.8 Å². The minimum absolute atomic E-state index is 0.0309. The van der Waals surface area contributed by atoms with E-state index in [1.165, 1.54) is 0 Å². The quantitative estimate of drug-likeness (QED) is 0.786. The summed E-state index contributed by atoms with van der Waals surface area (Å²) >= 11 is 0. The molecule has 0 radical (unpaired) electrons. The van der Waals surface area contributed by atoms with Crippen molar-refractivity contribution in [2.45, 2.75) is 46.1 Å². The van der Waals surface area contributed by atoms with E-state index in [0.29, 0.717) is 29.5 Å². The van der Waals surface area contributed by atoms with Crippen LogP contribution in [0.1, 0.15) is 67.7 Å². The first kappa shape index (κ1) is 17.9. The number of carboxylic acids is 1. The molecule has 3 N–H and O–H groups in total. The molecule has 1 aromatic carbocycles. The predicted octanol–water partition coefficient (Wildman–Crippen LogP) is 3.01. The molecule has 1 aliphatic rings. The molecule has 0 bridgehead atoms. The smallest absolute Gasteiger partial charge is 0.330 e. The largest absolute Gasteiger partial charge is 0.479 e. The van der Waals surface area contributed by atoms with E-state index >= 15 is 0 Å². The van der Waals surface area contributed by atoms with Crippen molar-refractivity contribution >= 4 is 17.7 Å². The summed E-state index contributed by atoms with van der Waals surface area (Å²) in [6.07, 6.45) is 1.95. The van der Waals surface area contributed by atoms with Crippen LogP contribution < -0.4 is 5.32 Å². The number of fused-ring (bicyclic) bond motifs is 1. The maximum absolute atomic E-state index is 12.8. The maximum atomic E-state index is 12.8. The van der Waals surface area contributed by atoms with Gasteiger partial charge in [0.05, 0.1) is 0 Å². The van der Waals surface area contributed by atoms with Gasteiger partial charge < -0.3 is 15.4 Å². The summed E-state index contributed by atoms with van der Waals surface area (Å²) in [6, 6.07) is 4.22. The average Bonchev–Trinajstić information content (AvgIpc) is 2.93. The van der Waals surface area contributed by atoms with E-state index in [4.69, 9.17) is 0 Å². The van der Waals surface area contributed by atoms with Crippen molar-refractivity contribution < 1.29 is 19.5 Å². The Hall–Kier alpha value is -2.89. The number of carboxylic acid groups (broad SMARTS) is 1. The molecule has 1 aliphatic carbocycles. The summed E-state index contributed by atoms with van der Waals surface area (Å²) in [4.78, 5) is 39.7. The van der Waals surface area contributed by atoms with Crippen LogP contribution in [0.4, 0.5) is 0 Å². The zero-order valence-electron chi connectivity index (χ0n) is 15.1. The van der Waals surface area contributed by atoms with Gasteiger partial charge in [0, 0.05) is 17.7 Å². The highest BCUT2D eigenvalue weighted by Crippen LogP contribution is 2.27. The Morgan fingerprint density at radius 2 is 1.88 bits per heavy atom. The minimum atomic E-state index is -1.15. The van der Waals surface area contributed by atoms with E-state index in [9.17, 15) is 19.5 Å². The Bertz CT molecular complexity index is 911. The highest BCUT2D eigenvalue weighted by Gasteiger charge is 2.29. The standard InChI is InChI=1S/C20H22N2O4/c1-10-6-4-7-13(11(10)2)18(20(25)26)22-19(24)17-12(3)16-14(21-17)8-5-9-15(16)23/h4,6-7,18,21H,5,8-9H2,1-3H3,(H,22,24)(H,25,26). The molecule has 0 saturated heterocycles. The SMILES string of the molecule is Cc1cccc(C(NC(=O)c2[nH]c3c(c2C)C(=O)CCC3)C(=O)O)c1C. The Morgan fingerprint density at radius 1 is 1.15 bits per heavy atom. The number of benzene rings is 1. The van der Waals surface area contributed by atoms with Crippen LogP contribution in [0, 0.1) is 20.8 Å². The third-order valence-electron chi connectivity index (χ3n) is 5.14. The van der Waals surface area contributed by atoms with Gasteiger partial charge in [0.2, 0.25) is 0 Å². The number of Topliss-reactive ketones (excluding diaryl/α,β-unsaturated/α-hetero) is 1. The van der Waals surface area contributed by atoms with E-state index in [2.05, 4.69) is 10.3 Å². The van der Waals surface area contributed by atoms with Crippen molar-refractivity contribution in [3.8, 4) is 0 Å². The van der Waals surface area contributed by atoms with Crippen LogP contribution in [0.5, 0.6) is 0 Å². The maximum Gasteiger partial charge on any atom is 0.330 e. The number of ketones is 1. The Labute approximate surface area is 151 Å². The molecule has 3 rings (SSSR count). The second-order valence-electron chi connectivity index (χ2n) is 6.79. The average molecular weight is 354 g/mol. The van der Waals surface area contributed by atoms with Crippen LogP contribution >= 0.6 is 0 Å². The van der Waals surface area contributed by atoms with Crippen LogP contribution in [0.3, 0.4) is 0 Å². The number of aromatic nitrogens is 1. The van der Waals surface area contributed by atoms with Crippen LogP contribution in [0.15, 0.2) is 18.2 Å². The first-order valence-electron chi connectivity index (χ1n) is 8.65. The van der Waals surface area contributed by atoms with Gasteiger partial charge >= 0.3 is 5.97 Å². The second-order valence-corrected chi connectivity index (χ2v) is 6.79. The number of H-pyrrole nitrogens is 1. The van der Waals surface area contributed by atoms with Gasteiger partial charge in [-0.1, -0.05) is 18.2 Å². The van der Waals surface area contributed by atoms with Gasteiger partial charge in [-0.2, -0.15) is 0 Å². The van der Waals surface area contributed by atoms with E-state index in [1.807, 2.05) is 19.9 Å². The molecule has 0 aliphatic heterocycles. The zero-order valence-corrected chi connectivity index (χ0v) is 15.1. The molecule has 1 amide bonds. The molecule has 26 heavy (non-hydrogen) atoms. The number of hydrogen-bond acceptors (Lipinski definition) is 3. The van der Waals surface area contributed by atoms with Crippen molar-refractivity contribution in [2.75, 3.05) is 0 Å². The highest BCUT2D eigenvalue weighted by atomic mass is 16.4. The summed E-state index contributed by atoms with van der Waals surface area (Å²) in [6.45, 7) is 5.46. The number of rotatable bonds is 4. The summed E-state index contributed by atoms with van der Waals surface area (Å²) in [7, 11) is 0. The molecule has 6 heteroatoms. The normalized spacial score (nSPS) is 14.7. The van der Waals surface area contributed by atoms with Crippen LogP contribution in [0.25, 0.3) is 0 Å². The van der Waals surface area contributed by atoms with Gasteiger partial charge in [-0.25, -0.2) is 4.79 Å². The molecule has 6 nitrogen and oxygen atoms in total. The van der Waals surface area contributed by atoms with E-state index in [0.717, 1.165) is 23.2 Å². The monoisotopic (exact) mass is 354 g/mol. The zero-order chi connectivity index (χ0) is 19.0. The third kappa shape index (κ3) is 3.03. The Morgan fingerprint density at radius 3 is 2.54 bits per heavy atom. The number of hydrogen-bond donors (Lipinski definition) is 3. The molecule has 0 spiro atoms. The second kappa shape index (κ2) is 6.78. The summed E-state index contributed by atoms with van der Waals surface area (Å²) in [5.74, 6) is -1.61. The number of aromatic amines is 1. The van der Waals surface area contributed by atoms with Gasteiger partial charge in [-0.05, 0) is 55.9 Å². The van der Waals surface area contributed by atoms with Crippen LogP contribution in [-0.2, 0) is 11.2 Å². The van der Waals surface area contributed by atoms with Crippen molar-refractivity contribution in [1.82, 2.24) is 10.3 Å². The van der Waals surface area contributed by atoms with Crippen molar-refractivity contribution in [3.63, 3.8) is 0 Å². The molecule has 136 valence electrons. The number of nitrogens with one attached hydrogen (secondary N) is 2. The van der Waals surface area contributed by atoms with Gasteiger partial charge in [-0.15, -0.1) is 0 Å². The van der Waals surface area contributed by atoms with Crippen molar-refractivity contribution in [2.24, 2.45) is 0 Å². The summed E-state index contributed by atoms with van der Waals surface area (Å²) in [5, 5.41) is 12.2. The molecule has 1 atom stereocenters. The van der Waals surface area contributed by atoms with Gasteiger partial charge in [0.15, 0.2) is 11.8 Å². The fraction of sp³-hybridized carbons (Fsp3) is 0.350. The molecule has 0 fully saturated rings. The summed E-state index contributed by atoms with van der Waals surface area (Å²) in [5.41, 5.74) is 4.55. The predicted molar refractivity (Wildman–Crippen MR) is 96.6 cm³/mol. The Balaban J connectivity index is 1.94. The molecule has 1 unspecified atom stereocenters. The number of aryl methyl sites for hydroxylation is 2. The highest BCUT2D eigenvalue weighted by molar-refractivity contribution is 6.04. The number of amides is 1. The van der Waals surface area contributed by atoms with Crippen LogP contribution in [0.2, 0.25) is 0 Å². The van der Waals surface area contributed by atoms with Crippen molar-refractivity contribution in [1.29, 1.82) is 0 Å². The van der Waals surface area contributed by atoms with E-state index in [1.54, 1.807) is 19.1 Å². The molecular formula is C20H22N2O4. The molecule has 2 aromatic rings. The molecule has 1 aromatic heterocycles. The molecular weight excluding hydrogens is 332 g/mol. The van der Waals surface area contributed by atoms with Gasteiger partial charge in [-0.3, -0.25) is 9.59 Å². The van der Waals surface area contributed by atoms with Crippen molar-refractivity contribution in [3.05, 3.63) is 57.4 Å². The van der Waals surface area contributed by atoms with Gasteiger partial charge in [0.1, 0.15) is 5.69 Å². The minimum Gasteiger partial charge on any atom is -0.479 e. The summed E-state index contributed by atoms with van der Waals surface area (Å²) < 4.78 is 0. The third-order valence-corrected chi connectivity index (χ3v) is 5.14. The van der Waals surface area contributed by atoms with Gasteiger partial charge in [0.25, 0.3) is 5.91 Å². The lowest BCUT2D eigenvalue weighted by Gasteiger charge is -2.18. The fourth-order valence-electron chi connectivity index (χ4n) is 3.56. The molecule has 0 saturated carbocycles. The number of carbonyl (C=O) groups excluding carboxylic acids is 2. The first-order valence-corrected chi connectivity index (χ1v) is 8.65.